The molecule has 0 fully saturated rings. The molecule has 1 aromatic heterocycles. The number of methoxy groups -OCH3 is 1. The van der Waals surface area contributed by atoms with Gasteiger partial charge in [-0.2, -0.15) is 14.9 Å². The van der Waals surface area contributed by atoms with Crippen LogP contribution >= 0.6 is 35.4 Å². The van der Waals surface area contributed by atoms with E-state index in [1.807, 2.05) is 24.3 Å². The van der Waals surface area contributed by atoms with Gasteiger partial charge in [0.25, 0.3) is 0 Å². The lowest BCUT2D eigenvalue weighted by atomic mass is 10.2. The van der Waals surface area contributed by atoms with Gasteiger partial charge in [0.15, 0.2) is 11.5 Å². The predicted molar refractivity (Wildman–Crippen MR) is 109 cm³/mol. The van der Waals surface area contributed by atoms with E-state index in [1.165, 1.54) is 4.68 Å². The summed E-state index contributed by atoms with van der Waals surface area (Å²) in [5, 5.41) is 12.1. The summed E-state index contributed by atoms with van der Waals surface area (Å²) < 4.78 is 13.3. The standard InChI is InChI=1S/C18H16Cl2N4O2S/c1-11-22-23-18(27)24(11)21-9-13-4-3-5-16(25-2)17(13)26-10-12-6-7-14(19)15(20)8-12/h3-9H,10H2,1-2H3,(H,23,27)/b21-9+. The average molecular weight is 423 g/mol. The molecule has 0 saturated carbocycles. The number of benzene rings is 2. The molecule has 0 aliphatic rings. The molecule has 0 unspecified atom stereocenters. The molecule has 0 aliphatic carbocycles. The second-order valence-electron chi connectivity index (χ2n) is 5.55. The average Bonchev–Trinajstić information content (AvgIpc) is 2.99. The first-order valence-electron chi connectivity index (χ1n) is 7.91. The molecule has 0 atom stereocenters. The summed E-state index contributed by atoms with van der Waals surface area (Å²) in [6, 6.07) is 10.9. The maximum Gasteiger partial charge on any atom is 0.216 e. The van der Waals surface area contributed by atoms with Crippen LogP contribution in [0, 0.1) is 11.7 Å². The Labute approximate surface area is 171 Å². The van der Waals surface area contributed by atoms with Gasteiger partial charge in [-0.3, -0.25) is 5.10 Å². The first-order chi connectivity index (χ1) is 13.0. The lowest BCUT2D eigenvalue weighted by Gasteiger charge is -2.13. The highest BCUT2D eigenvalue weighted by Gasteiger charge is 2.11. The maximum atomic E-state index is 6.07. The summed E-state index contributed by atoms with van der Waals surface area (Å²) in [5.41, 5.74) is 1.61. The Hall–Kier alpha value is -2.35. The van der Waals surface area contributed by atoms with Crippen LogP contribution in [0.2, 0.25) is 10.0 Å². The zero-order chi connectivity index (χ0) is 19.4. The number of hydrogen-bond donors (Lipinski definition) is 1. The number of rotatable bonds is 6. The Kier molecular flexibility index (Phi) is 6.15. The molecule has 1 heterocycles. The summed E-state index contributed by atoms with van der Waals surface area (Å²) in [4.78, 5) is 0. The van der Waals surface area contributed by atoms with Gasteiger partial charge in [-0.1, -0.05) is 35.3 Å². The van der Waals surface area contributed by atoms with Crippen molar-refractivity contribution in [3.8, 4) is 11.5 Å². The number of nitrogens with one attached hydrogen (secondary N) is 1. The van der Waals surface area contributed by atoms with Gasteiger partial charge in [-0.15, -0.1) is 0 Å². The number of aromatic nitrogens is 3. The van der Waals surface area contributed by atoms with E-state index in [4.69, 9.17) is 44.9 Å². The van der Waals surface area contributed by atoms with Gasteiger partial charge >= 0.3 is 0 Å². The van der Waals surface area contributed by atoms with Crippen molar-refractivity contribution in [2.45, 2.75) is 13.5 Å². The monoisotopic (exact) mass is 422 g/mol. The van der Waals surface area contributed by atoms with Gasteiger partial charge in [-0.25, -0.2) is 0 Å². The Morgan fingerprint density at radius 3 is 2.74 bits per heavy atom. The zero-order valence-corrected chi connectivity index (χ0v) is 16.9. The van der Waals surface area contributed by atoms with E-state index in [1.54, 1.807) is 32.4 Å². The third kappa shape index (κ3) is 4.50. The molecule has 3 rings (SSSR count). The Morgan fingerprint density at radius 1 is 1.26 bits per heavy atom. The third-order valence-electron chi connectivity index (χ3n) is 3.72. The number of H-pyrrole nitrogens is 1. The van der Waals surface area contributed by atoms with Gasteiger partial charge in [0, 0.05) is 5.56 Å². The Balaban J connectivity index is 1.89. The molecule has 0 amide bonds. The third-order valence-corrected chi connectivity index (χ3v) is 4.72. The molecule has 2 aromatic carbocycles. The van der Waals surface area contributed by atoms with E-state index < -0.39 is 0 Å². The summed E-state index contributed by atoms with van der Waals surface area (Å²) in [6.45, 7) is 2.10. The van der Waals surface area contributed by atoms with Crippen LogP contribution in [0.25, 0.3) is 0 Å². The number of aromatic amines is 1. The van der Waals surface area contributed by atoms with Crippen LogP contribution in [-0.4, -0.2) is 28.2 Å². The van der Waals surface area contributed by atoms with Crippen molar-refractivity contribution in [3.63, 3.8) is 0 Å². The molecule has 0 radical (unpaired) electrons. The van der Waals surface area contributed by atoms with Crippen molar-refractivity contribution in [1.29, 1.82) is 0 Å². The summed E-state index contributed by atoms with van der Waals surface area (Å²) in [7, 11) is 1.58. The van der Waals surface area contributed by atoms with Gasteiger partial charge in [0.05, 0.1) is 23.4 Å². The van der Waals surface area contributed by atoms with Crippen molar-refractivity contribution < 1.29 is 9.47 Å². The Morgan fingerprint density at radius 2 is 2.07 bits per heavy atom. The number of aryl methyl sites for hydroxylation is 1. The number of para-hydroxylation sites is 1. The fourth-order valence-corrected chi connectivity index (χ4v) is 2.91. The maximum absolute atomic E-state index is 6.07. The predicted octanol–water partition coefficient (Wildman–Crippen LogP) is 5.03. The molecule has 0 saturated heterocycles. The zero-order valence-electron chi connectivity index (χ0n) is 14.6. The molecule has 0 bridgehead atoms. The fraction of sp³-hybridized carbons (Fsp3) is 0.167. The number of nitrogens with zero attached hydrogens (tertiary/aromatic N) is 3. The van der Waals surface area contributed by atoms with Gasteiger partial charge < -0.3 is 9.47 Å². The molecule has 140 valence electrons. The van der Waals surface area contributed by atoms with E-state index in [9.17, 15) is 0 Å². The van der Waals surface area contributed by atoms with Crippen LogP contribution in [0.15, 0.2) is 41.5 Å². The summed E-state index contributed by atoms with van der Waals surface area (Å²) >= 11 is 17.2. The van der Waals surface area contributed by atoms with E-state index >= 15 is 0 Å². The minimum absolute atomic E-state index is 0.294. The molecule has 1 N–H and O–H groups in total. The van der Waals surface area contributed by atoms with Crippen molar-refractivity contribution >= 4 is 41.6 Å². The SMILES string of the molecule is COc1cccc(/C=N/n2c(C)n[nH]c2=S)c1OCc1ccc(Cl)c(Cl)c1. The summed E-state index contributed by atoms with van der Waals surface area (Å²) in [5.74, 6) is 1.80. The minimum Gasteiger partial charge on any atom is -0.493 e. The number of halogens is 2. The van der Waals surface area contributed by atoms with E-state index in [0.29, 0.717) is 38.7 Å². The number of hydrogen-bond acceptors (Lipinski definition) is 5. The van der Waals surface area contributed by atoms with E-state index in [2.05, 4.69) is 15.3 Å². The van der Waals surface area contributed by atoms with Gasteiger partial charge in [0.2, 0.25) is 4.77 Å². The second-order valence-corrected chi connectivity index (χ2v) is 6.75. The second kappa shape index (κ2) is 8.56. The fourth-order valence-electron chi connectivity index (χ4n) is 2.36. The number of ether oxygens (including phenoxy) is 2. The Bertz CT molecular complexity index is 1050. The topological polar surface area (TPSA) is 64.4 Å². The molecule has 0 spiro atoms. The largest absolute Gasteiger partial charge is 0.493 e. The van der Waals surface area contributed by atoms with E-state index in [0.717, 1.165) is 11.1 Å². The summed E-state index contributed by atoms with van der Waals surface area (Å²) in [6.07, 6.45) is 1.64. The minimum atomic E-state index is 0.294. The quantitative estimate of drug-likeness (QED) is 0.447. The lowest BCUT2D eigenvalue weighted by Crippen LogP contribution is -2.02. The first-order valence-corrected chi connectivity index (χ1v) is 9.08. The van der Waals surface area contributed by atoms with Crippen LogP contribution < -0.4 is 9.47 Å². The van der Waals surface area contributed by atoms with Crippen LogP contribution in [0.1, 0.15) is 17.0 Å². The highest BCUT2D eigenvalue weighted by Crippen LogP contribution is 2.31. The molecule has 27 heavy (non-hydrogen) atoms. The van der Waals surface area contributed by atoms with E-state index in [-0.39, 0.29) is 0 Å². The van der Waals surface area contributed by atoms with Crippen LogP contribution in [0.3, 0.4) is 0 Å². The molecular weight excluding hydrogens is 407 g/mol. The van der Waals surface area contributed by atoms with Crippen LogP contribution in [0.4, 0.5) is 0 Å². The lowest BCUT2D eigenvalue weighted by molar-refractivity contribution is 0.284. The van der Waals surface area contributed by atoms with Crippen LogP contribution in [-0.2, 0) is 6.61 Å². The van der Waals surface area contributed by atoms with Crippen LogP contribution in [0.5, 0.6) is 11.5 Å². The highest BCUT2D eigenvalue weighted by atomic mass is 35.5. The van der Waals surface area contributed by atoms with Crippen molar-refractivity contribution in [3.05, 3.63) is 68.2 Å². The molecule has 0 aliphatic heterocycles. The smallest absolute Gasteiger partial charge is 0.216 e. The highest BCUT2D eigenvalue weighted by molar-refractivity contribution is 7.71. The normalized spacial score (nSPS) is 11.1. The molecule has 6 nitrogen and oxygen atoms in total. The molecule has 9 heteroatoms. The first kappa shape index (κ1) is 19.4. The molecule has 3 aromatic rings. The molecular formula is C18H16Cl2N4O2S. The van der Waals surface area contributed by atoms with Gasteiger partial charge in [0.1, 0.15) is 12.4 Å². The van der Waals surface area contributed by atoms with Crippen molar-refractivity contribution in [1.82, 2.24) is 14.9 Å². The van der Waals surface area contributed by atoms with Crippen molar-refractivity contribution in [2.75, 3.05) is 7.11 Å². The van der Waals surface area contributed by atoms with Crippen molar-refractivity contribution in [2.24, 2.45) is 5.10 Å². The van der Waals surface area contributed by atoms with Gasteiger partial charge in [-0.05, 0) is 49.0 Å².